The van der Waals surface area contributed by atoms with Crippen LogP contribution < -0.4 is 5.32 Å². The third-order valence-corrected chi connectivity index (χ3v) is 5.74. The molecule has 1 fully saturated rings. The van der Waals surface area contributed by atoms with Crippen molar-refractivity contribution >= 4 is 36.3 Å². The number of aliphatic imine (C=N–C) groups is 1. The Labute approximate surface area is 118 Å². The molecule has 1 N–H and O–H groups in total. The maximum atomic E-state index is 11.9. The first-order valence-corrected chi connectivity index (χ1v) is 7.02. The Morgan fingerprint density at radius 1 is 1.61 bits per heavy atom. The standard InChI is InChI=1S/C13H16N2OS.ClH/c1-14-12(16)9-8-17-13-6-3-2-4-11(13)15-7-5-10(9)13;/h2-4,7,9-10H,5-6,8H2,1H3,(H,14,16);1H. The highest BCUT2D eigenvalue weighted by atomic mass is 35.5. The van der Waals surface area contributed by atoms with E-state index in [1.165, 1.54) is 0 Å². The molecule has 98 valence electrons. The van der Waals surface area contributed by atoms with Crippen LogP contribution in [0.4, 0.5) is 0 Å². The molecule has 0 aromatic rings. The molecule has 3 atom stereocenters. The third-order valence-electron chi connectivity index (χ3n) is 4.02. The molecular formula is C13H17ClN2OS. The third kappa shape index (κ3) is 1.82. The monoisotopic (exact) mass is 284 g/mol. The minimum absolute atomic E-state index is 0. The van der Waals surface area contributed by atoms with Crippen LogP contribution in [0.1, 0.15) is 12.8 Å². The highest BCUT2D eigenvalue weighted by molar-refractivity contribution is 8.01. The first-order chi connectivity index (χ1) is 8.28. The van der Waals surface area contributed by atoms with Crippen LogP contribution in [0.25, 0.3) is 0 Å². The van der Waals surface area contributed by atoms with Gasteiger partial charge in [-0.1, -0.05) is 12.2 Å². The lowest BCUT2D eigenvalue weighted by molar-refractivity contribution is -0.125. The summed E-state index contributed by atoms with van der Waals surface area (Å²) >= 11 is 1.92. The normalized spacial score (nSPS) is 36.2. The maximum absolute atomic E-state index is 11.9. The van der Waals surface area contributed by atoms with E-state index in [0.29, 0.717) is 5.92 Å². The Hall–Kier alpha value is -0.740. The van der Waals surface area contributed by atoms with E-state index in [4.69, 9.17) is 0 Å². The van der Waals surface area contributed by atoms with Gasteiger partial charge in [0.25, 0.3) is 0 Å². The molecule has 1 aliphatic carbocycles. The molecule has 0 aromatic heterocycles. The van der Waals surface area contributed by atoms with Gasteiger partial charge in [-0.15, -0.1) is 24.2 Å². The Balaban J connectivity index is 0.00000120. The summed E-state index contributed by atoms with van der Waals surface area (Å²) in [6.45, 7) is 0. The number of nitrogens with zero attached hydrogens (tertiary/aromatic N) is 1. The molecule has 2 aliphatic heterocycles. The minimum Gasteiger partial charge on any atom is -0.359 e. The summed E-state index contributed by atoms with van der Waals surface area (Å²) in [4.78, 5) is 16.5. The summed E-state index contributed by atoms with van der Waals surface area (Å²) in [5, 5.41) is 2.80. The number of hydrogen-bond acceptors (Lipinski definition) is 3. The van der Waals surface area contributed by atoms with Gasteiger partial charge in [0.1, 0.15) is 0 Å². The zero-order valence-electron chi connectivity index (χ0n) is 10.3. The molecule has 1 amide bonds. The summed E-state index contributed by atoms with van der Waals surface area (Å²) in [5.74, 6) is 1.63. The summed E-state index contributed by atoms with van der Waals surface area (Å²) < 4.78 is 0.0701. The molecule has 2 heterocycles. The lowest BCUT2D eigenvalue weighted by atomic mass is 9.73. The van der Waals surface area contributed by atoms with Crippen molar-refractivity contribution in [2.75, 3.05) is 12.8 Å². The largest absolute Gasteiger partial charge is 0.359 e. The second kappa shape index (κ2) is 5.10. The van der Waals surface area contributed by atoms with Gasteiger partial charge in [0.2, 0.25) is 5.91 Å². The van der Waals surface area contributed by atoms with E-state index in [0.717, 1.165) is 24.3 Å². The number of amides is 1. The van der Waals surface area contributed by atoms with Crippen LogP contribution >= 0.6 is 24.2 Å². The van der Waals surface area contributed by atoms with Gasteiger partial charge in [-0.05, 0) is 24.8 Å². The fraction of sp³-hybridized carbons (Fsp3) is 0.538. The molecule has 5 heteroatoms. The molecule has 3 rings (SSSR count). The van der Waals surface area contributed by atoms with Crippen molar-refractivity contribution in [1.29, 1.82) is 0 Å². The van der Waals surface area contributed by atoms with Crippen LogP contribution in [0.5, 0.6) is 0 Å². The number of hydrogen-bond donors (Lipinski definition) is 1. The summed E-state index contributed by atoms with van der Waals surface area (Å²) in [6, 6.07) is 0. The molecular weight excluding hydrogens is 268 g/mol. The minimum atomic E-state index is 0. The van der Waals surface area contributed by atoms with E-state index in [2.05, 4.69) is 28.5 Å². The highest BCUT2D eigenvalue weighted by Gasteiger charge is 2.54. The summed E-state index contributed by atoms with van der Waals surface area (Å²) in [6.07, 6.45) is 10.3. The molecule has 0 saturated carbocycles. The quantitative estimate of drug-likeness (QED) is 0.802. The molecule has 1 saturated heterocycles. The zero-order valence-corrected chi connectivity index (χ0v) is 11.9. The van der Waals surface area contributed by atoms with Crippen molar-refractivity contribution in [3.8, 4) is 0 Å². The van der Waals surface area contributed by atoms with Gasteiger partial charge in [-0.2, -0.15) is 0 Å². The maximum Gasteiger partial charge on any atom is 0.224 e. The Morgan fingerprint density at radius 2 is 2.44 bits per heavy atom. The predicted molar refractivity (Wildman–Crippen MR) is 78.4 cm³/mol. The summed E-state index contributed by atoms with van der Waals surface area (Å²) in [7, 11) is 1.73. The van der Waals surface area contributed by atoms with Crippen LogP contribution in [0.15, 0.2) is 28.9 Å². The number of thioether (sulfide) groups is 1. The molecule has 1 spiro atoms. The number of rotatable bonds is 1. The average molecular weight is 285 g/mol. The van der Waals surface area contributed by atoms with Gasteiger partial charge < -0.3 is 5.32 Å². The Kier molecular flexibility index (Phi) is 3.87. The number of carbonyl (C=O) groups is 1. The second-order valence-corrected chi connectivity index (χ2v) is 6.11. The first kappa shape index (κ1) is 13.7. The van der Waals surface area contributed by atoms with E-state index in [9.17, 15) is 4.79 Å². The fourth-order valence-corrected chi connectivity index (χ4v) is 4.94. The van der Waals surface area contributed by atoms with Gasteiger partial charge in [0.15, 0.2) is 0 Å². The zero-order chi connectivity index (χ0) is 11.9. The Morgan fingerprint density at radius 3 is 3.22 bits per heavy atom. The second-order valence-electron chi connectivity index (χ2n) is 4.76. The van der Waals surface area contributed by atoms with Crippen molar-refractivity contribution in [2.24, 2.45) is 16.8 Å². The molecule has 18 heavy (non-hydrogen) atoms. The number of halogens is 1. The molecule has 3 unspecified atom stereocenters. The van der Waals surface area contributed by atoms with Gasteiger partial charge in [-0.25, -0.2) is 0 Å². The van der Waals surface area contributed by atoms with E-state index in [1.807, 2.05) is 18.0 Å². The highest BCUT2D eigenvalue weighted by Crippen LogP contribution is 2.56. The van der Waals surface area contributed by atoms with Crippen LogP contribution in [0.2, 0.25) is 0 Å². The van der Waals surface area contributed by atoms with Crippen molar-refractivity contribution < 1.29 is 4.79 Å². The lowest BCUT2D eigenvalue weighted by Crippen LogP contribution is -2.42. The van der Waals surface area contributed by atoms with Gasteiger partial charge >= 0.3 is 0 Å². The Bertz CT molecular complexity index is 446. The van der Waals surface area contributed by atoms with E-state index in [1.54, 1.807) is 7.05 Å². The predicted octanol–water partition coefficient (Wildman–Crippen LogP) is 2.19. The number of nitrogens with one attached hydrogen (secondary N) is 1. The van der Waals surface area contributed by atoms with E-state index in [-0.39, 0.29) is 29.0 Å². The molecule has 0 radical (unpaired) electrons. The lowest BCUT2D eigenvalue weighted by Gasteiger charge is -2.39. The van der Waals surface area contributed by atoms with Gasteiger partial charge in [0.05, 0.1) is 16.4 Å². The number of carbonyl (C=O) groups excluding carboxylic acids is 1. The topological polar surface area (TPSA) is 41.5 Å². The van der Waals surface area contributed by atoms with E-state index >= 15 is 0 Å². The SMILES string of the molecule is CNC(=O)C1CSC23CC=CC=C2N=CCC13.Cl. The molecule has 0 aromatic carbocycles. The molecule has 3 nitrogen and oxygen atoms in total. The van der Waals surface area contributed by atoms with Gasteiger partial charge in [-0.3, -0.25) is 9.79 Å². The summed E-state index contributed by atoms with van der Waals surface area (Å²) in [5.41, 5.74) is 1.16. The number of allylic oxidation sites excluding steroid dienone is 3. The van der Waals surface area contributed by atoms with Crippen LogP contribution in [0, 0.1) is 11.8 Å². The van der Waals surface area contributed by atoms with Crippen LogP contribution in [0.3, 0.4) is 0 Å². The van der Waals surface area contributed by atoms with Crippen molar-refractivity contribution in [2.45, 2.75) is 17.6 Å². The molecule has 0 bridgehead atoms. The van der Waals surface area contributed by atoms with Crippen molar-refractivity contribution in [3.63, 3.8) is 0 Å². The molecule has 3 aliphatic rings. The smallest absolute Gasteiger partial charge is 0.224 e. The van der Waals surface area contributed by atoms with Crippen LogP contribution in [-0.2, 0) is 4.79 Å². The van der Waals surface area contributed by atoms with Crippen LogP contribution in [-0.4, -0.2) is 29.7 Å². The van der Waals surface area contributed by atoms with Crippen molar-refractivity contribution in [1.82, 2.24) is 5.32 Å². The van der Waals surface area contributed by atoms with Gasteiger partial charge in [0, 0.05) is 19.0 Å². The first-order valence-electron chi connectivity index (χ1n) is 6.03. The van der Waals surface area contributed by atoms with Crippen molar-refractivity contribution in [3.05, 3.63) is 23.9 Å². The van der Waals surface area contributed by atoms with E-state index < -0.39 is 0 Å². The fourth-order valence-electron chi connectivity index (χ4n) is 3.12. The average Bonchev–Trinajstić information content (AvgIpc) is 2.75.